The van der Waals surface area contributed by atoms with Crippen LogP contribution in [-0.2, 0) is 9.47 Å². The summed E-state index contributed by atoms with van der Waals surface area (Å²) in [5.74, 6) is 0. The molecule has 4 nitrogen and oxygen atoms in total. The van der Waals surface area contributed by atoms with Crippen LogP contribution in [-0.4, -0.2) is 57.5 Å². The molecular weight excluding hydrogens is 180 g/mol. The quantitative estimate of drug-likeness (QED) is 0.662. The fourth-order valence-corrected chi connectivity index (χ4v) is 1.85. The highest BCUT2D eigenvalue weighted by Gasteiger charge is 2.22. The number of likely N-dealkylation sites (tertiary alicyclic amines) is 1. The van der Waals surface area contributed by atoms with Gasteiger partial charge in [-0.05, 0) is 12.8 Å². The van der Waals surface area contributed by atoms with Crippen molar-refractivity contribution in [1.29, 1.82) is 0 Å². The lowest BCUT2D eigenvalue weighted by molar-refractivity contribution is 0.106. The Morgan fingerprint density at radius 1 is 1.50 bits per heavy atom. The van der Waals surface area contributed by atoms with E-state index in [1.807, 2.05) is 0 Å². The van der Waals surface area contributed by atoms with E-state index in [-0.39, 0.29) is 6.04 Å². The van der Waals surface area contributed by atoms with Gasteiger partial charge in [-0.25, -0.2) is 0 Å². The molecule has 1 aliphatic heterocycles. The van der Waals surface area contributed by atoms with Gasteiger partial charge in [0.1, 0.15) is 0 Å². The first-order valence-electron chi connectivity index (χ1n) is 5.26. The summed E-state index contributed by atoms with van der Waals surface area (Å²) in [4.78, 5) is 2.37. The smallest absolute Gasteiger partial charge is 0.0710 e. The van der Waals surface area contributed by atoms with E-state index in [0.717, 1.165) is 39.1 Å². The van der Waals surface area contributed by atoms with Crippen LogP contribution in [0.1, 0.15) is 12.8 Å². The summed E-state index contributed by atoms with van der Waals surface area (Å²) in [5.41, 5.74) is 5.96. The third-order valence-corrected chi connectivity index (χ3v) is 2.75. The Hall–Kier alpha value is -0.160. The Morgan fingerprint density at radius 3 is 2.86 bits per heavy atom. The van der Waals surface area contributed by atoms with Crippen LogP contribution < -0.4 is 5.73 Å². The lowest BCUT2D eigenvalue weighted by atomic mass is 10.2. The summed E-state index contributed by atoms with van der Waals surface area (Å²) in [6.07, 6.45) is 2.47. The number of hydrogen-bond donors (Lipinski definition) is 1. The van der Waals surface area contributed by atoms with Crippen LogP contribution in [0.3, 0.4) is 0 Å². The third-order valence-electron chi connectivity index (χ3n) is 2.75. The van der Waals surface area contributed by atoms with Crippen LogP contribution in [0.25, 0.3) is 0 Å². The van der Waals surface area contributed by atoms with Crippen LogP contribution in [0.2, 0.25) is 0 Å². The molecule has 2 N–H and O–H groups in total. The molecule has 1 heterocycles. The van der Waals surface area contributed by atoms with Crippen molar-refractivity contribution in [2.75, 3.05) is 40.5 Å². The maximum Gasteiger partial charge on any atom is 0.0710 e. The maximum atomic E-state index is 5.96. The standard InChI is InChI=1S/C10H22N2O2/c1-13-6-4-9(11)7-12-5-3-10(8-12)14-2/h9-10H,3-8,11H2,1-2H3. The first-order valence-corrected chi connectivity index (χ1v) is 5.26. The second kappa shape index (κ2) is 6.35. The molecule has 0 bridgehead atoms. The van der Waals surface area contributed by atoms with Gasteiger partial charge in [0.05, 0.1) is 6.10 Å². The first-order chi connectivity index (χ1) is 6.76. The molecule has 0 aromatic carbocycles. The Morgan fingerprint density at radius 2 is 2.29 bits per heavy atom. The number of methoxy groups -OCH3 is 2. The summed E-state index contributed by atoms with van der Waals surface area (Å²) < 4.78 is 10.3. The normalized spacial score (nSPS) is 25.5. The summed E-state index contributed by atoms with van der Waals surface area (Å²) >= 11 is 0. The van der Waals surface area contributed by atoms with Crippen LogP contribution in [0.15, 0.2) is 0 Å². The van der Waals surface area contributed by atoms with E-state index in [1.165, 1.54) is 0 Å². The molecule has 2 unspecified atom stereocenters. The van der Waals surface area contributed by atoms with E-state index in [1.54, 1.807) is 14.2 Å². The second-order valence-electron chi connectivity index (χ2n) is 3.95. The monoisotopic (exact) mass is 202 g/mol. The van der Waals surface area contributed by atoms with E-state index in [4.69, 9.17) is 15.2 Å². The van der Waals surface area contributed by atoms with Gasteiger partial charge in [-0.1, -0.05) is 0 Å². The number of nitrogens with two attached hydrogens (primary N) is 1. The molecule has 0 spiro atoms. The van der Waals surface area contributed by atoms with Crippen molar-refractivity contribution in [2.24, 2.45) is 5.73 Å². The van der Waals surface area contributed by atoms with Crippen molar-refractivity contribution >= 4 is 0 Å². The van der Waals surface area contributed by atoms with Crippen molar-refractivity contribution in [1.82, 2.24) is 4.90 Å². The van der Waals surface area contributed by atoms with Crippen molar-refractivity contribution in [3.05, 3.63) is 0 Å². The summed E-state index contributed by atoms with van der Waals surface area (Å²) in [5, 5.41) is 0. The molecule has 0 aliphatic carbocycles. The van der Waals surface area contributed by atoms with Crippen molar-refractivity contribution in [3.63, 3.8) is 0 Å². The zero-order valence-corrected chi connectivity index (χ0v) is 9.24. The van der Waals surface area contributed by atoms with Gasteiger partial charge in [-0.2, -0.15) is 0 Å². The van der Waals surface area contributed by atoms with Crippen LogP contribution in [0, 0.1) is 0 Å². The minimum Gasteiger partial charge on any atom is -0.385 e. The fraction of sp³-hybridized carbons (Fsp3) is 1.00. The Kier molecular flexibility index (Phi) is 5.40. The first kappa shape index (κ1) is 11.9. The van der Waals surface area contributed by atoms with Crippen LogP contribution >= 0.6 is 0 Å². The Bertz CT molecular complexity index is 155. The number of rotatable bonds is 6. The molecule has 0 amide bonds. The highest BCUT2D eigenvalue weighted by atomic mass is 16.5. The van der Waals surface area contributed by atoms with Gasteiger partial charge in [0, 0.05) is 46.5 Å². The Labute approximate surface area is 86.3 Å². The minimum atomic E-state index is 0.227. The predicted molar refractivity (Wildman–Crippen MR) is 56.3 cm³/mol. The van der Waals surface area contributed by atoms with E-state index in [9.17, 15) is 0 Å². The van der Waals surface area contributed by atoms with Crippen molar-refractivity contribution in [3.8, 4) is 0 Å². The molecule has 0 aromatic heterocycles. The van der Waals surface area contributed by atoms with E-state index < -0.39 is 0 Å². The molecule has 1 fully saturated rings. The molecule has 0 radical (unpaired) electrons. The highest BCUT2D eigenvalue weighted by Crippen LogP contribution is 2.11. The molecule has 2 atom stereocenters. The zero-order chi connectivity index (χ0) is 10.4. The summed E-state index contributed by atoms with van der Waals surface area (Å²) in [6.45, 7) is 3.85. The number of nitrogens with zero attached hydrogens (tertiary/aromatic N) is 1. The van der Waals surface area contributed by atoms with E-state index in [0.29, 0.717) is 6.10 Å². The van der Waals surface area contributed by atoms with Crippen molar-refractivity contribution in [2.45, 2.75) is 25.0 Å². The van der Waals surface area contributed by atoms with E-state index in [2.05, 4.69) is 4.90 Å². The summed E-state index contributed by atoms with van der Waals surface area (Å²) in [6, 6.07) is 0.227. The molecule has 0 aromatic rings. The second-order valence-corrected chi connectivity index (χ2v) is 3.95. The topological polar surface area (TPSA) is 47.7 Å². The molecule has 4 heteroatoms. The number of hydrogen-bond acceptors (Lipinski definition) is 4. The van der Waals surface area contributed by atoms with Crippen LogP contribution in [0.5, 0.6) is 0 Å². The fourth-order valence-electron chi connectivity index (χ4n) is 1.85. The molecular formula is C10H22N2O2. The highest BCUT2D eigenvalue weighted by molar-refractivity contribution is 4.78. The molecule has 1 aliphatic rings. The lowest BCUT2D eigenvalue weighted by Crippen LogP contribution is -2.37. The van der Waals surface area contributed by atoms with Gasteiger partial charge in [0.15, 0.2) is 0 Å². The van der Waals surface area contributed by atoms with E-state index >= 15 is 0 Å². The van der Waals surface area contributed by atoms with Gasteiger partial charge in [-0.15, -0.1) is 0 Å². The molecule has 14 heavy (non-hydrogen) atoms. The van der Waals surface area contributed by atoms with Gasteiger partial charge in [0.2, 0.25) is 0 Å². The predicted octanol–water partition coefficient (Wildman–Crippen LogP) is 0.0709. The average Bonchev–Trinajstić information content (AvgIpc) is 2.62. The SMILES string of the molecule is COCCC(N)CN1CCC(OC)C1. The minimum absolute atomic E-state index is 0.227. The zero-order valence-electron chi connectivity index (χ0n) is 9.24. The molecule has 1 rings (SSSR count). The molecule has 1 saturated heterocycles. The third kappa shape index (κ3) is 3.92. The van der Waals surface area contributed by atoms with Gasteiger partial charge < -0.3 is 15.2 Å². The van der Waals surface area contributed by atoms with Gasteiger partial charge in [-0.3, -0.25) is 4.90 Å². The average molecular weight is 202 g/mol. The van der Waals surface area contributed by atoms with Crippen LogP contribution in [0.4, 0.5) is 0 Å². The van der Waals surface area contributed by atoms with Gasteiger partial charge in [0.25, 0.3) is 0 Å². The maximum absolute atomic E-state index is 5.96. The molecule has 0 saturated carbocycles. The lowest BCUT2D eigenvalue weighted by Gasteiger charge is -2.20. The van der Waals surface area contributed by atoms with Crippen molar-refractivity contribution < 1.29 is 9.47 Å². The largest absolute Gasteiger partial charge is 0.385 e. The van der Waals surface area contributed by atoms with Gasteiger partial charge >= 0.3 is 0 Å². The number of ether oxygens (including phenoxy) is 2. The molecule has 84 valence electrons. The Balaban J connectivity index is 2.12. The summed E-state index contributed by atoms with van der Waals surface area (Å²) in [7, 11) is 3.49.